The summed E-state index contributed by atoms with van der Waals surface area (Å²) in [6.45, 7) is 0. The first-order chi connectivity index (χ1) is 39.0. The first-order valence-corrected chi connectivity index (χ1v) is 30.9. The smallest absolute Gasteiger partial charge is 0.296 e. The summed E-state index contributed by atoms with van der Waals surface area (Å²) in [5.41, 5.74) is 8.21. The summed E-state index contributed by atoms with van der Waals surface area (Å²) in [4.78, 5) is 18.8. The summed E-state index contributed by atoms with van der Waals surface area (Å²) in [5, 5.41) is 41.7. The second kappa shape index (κ2) is 21.4. The van der Waals surface area contributed by atoms with Gasteiger partial charge in [-0.2, -0.15) is 80.4 Å². The van der Waals surface area contributed by atoms with E-state index in [1.165, 1.54) is 48.5 Å². The fourth-order valence-electron chi connectivity index (χ4n) is 7.91. The van der Waals surface area contributed by atoms with Gasteiger partial charge >= 0.3 is 0 Å². The van der Waals surface area contributed by atoms with Crippen molar-refractivity contribution in [3.05, 3.63) is 109 Å². The van der Waals surface area contributed by atoms with Crippen LogP contribution in [0.25, 0.3) is 44.3 Å². The summed E-state index contributed by atoms with van der Waals surface area (Å²) in [5.74, 6) is -5.30. The van der Waals surface area contributed by atoms with Crippen molar-refractivity contribution in [2.45, 2.75) is 29.4 Å². The Kier molecular flexibility index (Phi) is 15.1. The minimum absolute atomic E-state index is 0.167. The predicted molar refractivity (Wildman–Crippen MR) is 291 cm³/mol. The van der Waals surface area contributed by atoms with Crippen molar-refractivity contribution in [3.8, 4) is 34.3 Å². The fraction of sp³-hybridized carbons (Fsp3) is 0. The lowest BCUT2D eigenvalue weighted by molar-refractivity contribution is 0.471. The number of benzene rings is 7. The van der Waals surface area contributed by atoms with Crippen LogP contribution in [0.1, 0.15) is 0 Å². The third-order valence-electron chi connectivity index (χ3n) is 11.4. The molecule has 0 fully saturated rings. The van der Waals surface area contributed by atoms with Gasteiger partial charge in [-0.1, -0.05) is 24.3 Å². The van der Waals surface area contributed by atoms with Gasteiger partial charge in [-0.05, 0) is 95.7 Å². The molecule has 0 spiro atoms. The highest BCUT2D eigenvalue weighted by molar-refractivity contribution is 7.87. The van der Waals surface area contributed by atoms with Crippen LogP contribution in [0.15, 0.2) is 159 Å². The molecule has 34 nitrogen and oxygen atoms in total. The lowest BCUT2D eigenvalue weighted by Crippen LogP contribution is -2.07. The topological polar surface area (TPSA) is 570 Å². The Morgan fingerprint density at radius 2 is 0.714 bits per heavy atom. The Morgan fingerprint density at radius 1 is 0.381 bits per heavy atom. The summed E-state index contributed by atoms with van der Waals surface area (Å²) >= 11 is 0. The normalized spacial score (nSPS) is 12.8. The molecule has 2 heterocycles. The maximum atomic E-state index is 12.7. The summed E-state index contributed by atoms with van der Waals surface area (Å²) in [6, 6.07) is 18.6. The molecule has 0 bridgehead atoms. The van der Waals surface area contributed by atoms with Gasteiger partial charge in [-0.3, -0.25) is 27.3 Å². The molecule has 0 aliphatic carbocycles. The average Bonchev–Trinajstić information content (AvgIpc) is 1.35. The van der Waals surface area contributed by atoms with Gasteiger partial charge in [0.1, 0.15) is 42.3 Å². The molecular weight excluding hydrogens is 1240 g/mol. The zero-order valence-corrected chi connectivity index (χ0v) is 45.8. The first kappa shape index (κ1) is 59.2. The SMILES string of the molecule is Nc1nc(Nc2ccc(Nc3nc(N)nc(-c4cc(S(=O)(=O)O)cc5cc(S(=O)(=O)O)c(N=Nc6ccccc6S(=O)(=O)O)c(O)c45)n3)cc2)nc(-c2cc(S(=O)(=O)O)cc3cc(S(=O)(=O)O)c(N=Nc4ccccc4S(=O)(=O)O)c(O)c23)n1. The molecule has 14 N–H and O–H groups in total. The molecule has 0 amide bonds. The maximum absolute atomic E-state index is 12.7. The number of hydrogen-bond acceptors (Lipinski definition) is 28. The molecule has 0 aliphatic heterocycles. The van der Waals surface area contributed by atoms with Gasteiger partial charge in [-0.25, -0.2) is 0 Å². The van der Waals surface area contributed by atoms with Crippen LogP contribution in [-0.4, -0.2) is 118 Å². The van der Waals surface area contributed by atoms with E-state index in [0.717, 1.165) is 36.4 Å². The standard InChI is InChI=1S/C44H32N14O20S6/c45-41-49-39(25-17-23(79(61,62)63)13-19-15-31(83(73,74)75)35(37(59)33(19)25)57-55-27-5-1-3-7-29(27)81(67,68)69)51-43(53-41)47-21-9-11-22(12-10-21)48-44-52-40(50-42(46)54-44)26-18-24(80(64,65)66)14-20-16-32(84(76,77)78)36(38(60)34(20)26)58-56-28-6-2-4-8-30(28)82(70,71)72/h1-18,59-60H,(H,61,62,63)(H,64,65,66)(H,67,68,69)(H,70,71,72)(H,73,74,75)(H,76,77,78)(H3,45,47,49,51,53)(H3,46,48,50,52,54). The quantitative estimate of drug-likeness (QED) is 0.0385. The van der Waals surface area contributed by atoms with Crippen molar-refractivity contribution in [2.75, 3.05) is 22.1 Å². The highest BCUT2D eigenvalue weighted by atomic mass is 32.2. The van der Waals surface area contributed by atoms with Gasteiger partial charge in [0, 0.05) is 33.3 Å². The number of fused-ring (bicyclic) bond motifs is 2. The average molecular weight is 1270 g/mol. The van der Waals surface area contributed by atoms with E-state index in [9.17, 15) is 88.0 Å². The number of aromatic nitrogens is 6. The number of phenols is 2. The van der Waals surface area contributed by atoms with E-state index in [1.807, 2.05) is 0 Å². The number of hydrogen-bond donors (Lipinski definition) is 12. The fourth-order valence-corrected chi connectivity index (χ4v) is 11.6. The van der Waals surface area contributed by atoms with Gasteiger partial charge in [0.2, 0.25) is 23.8 Å². The number of anilines is 6. The summed E-state index contributed by atoms with van der Waals surface area (Å²) < 4.78 is 209. The van der Waals surface area contributed by atoms with Crippen molar-refractivity contribution in [3.63, 3.8) is 0 Å². The molecule has 0 aliphatic rings. The van der Waals surface area contributed by atoms with Gasteiger partial charge in [0.15, 0.2) is 23.1 Å². The van der Waals surface area contributed by atoms with Crippen molar-refractivity contribution in [2.24, 2.45) is 20.5 Å². The van der Waals surface area contributed by atoms with Gasteiger partial charge in [0.25, 0.3) is 60.7 Å². The number of rotatable bonds is 16. The largest absolute Gasteiger partial charge is 0.505 e. The lowest BCUT2D eigenvalue weighted by Gasteiger charge is -2.15. The third-order valence-corrected chi connectivity index (χ3v) is 16.6. The first-order valence-electron chi connectivity index (χ1n) is 22.3. The Bertz CT molecular complexity index is 4770. The number of phenolic OH excluding ortho intramolecular Hbond substituents is 2. The van der Waals surface area contributed by atoms with Crippen molar-refractivity contribution in [1.29, 1.82) is 0 Å². The molecule has 0 saturated carbocycles. The van der Waals surface area contributed by atoms with E-state index in [-0.39, 0.29) is 23.3 Å². The molecule has 7 aromatic carbocycles. The van der Waals surface area contributed by atoms with Gasteiger partial charge < -0.3 is 32.3 Å². The minimum atomic E-state index is -5.40. The second-order valence-electron chi connectivity index (χ2n) is 17.0. The van der Waals surface area contributed by atoms with E-state index >= 15 is 0 Å². The van der Waals surface area contributed by atoms with Crippen LogP contribution in [0.2, 0.25) is 0 Å². The number of nitrogen functional groups attached to an aromatic ring is 2. The van der Waals surface area contributed by atoms with Crippen LogP contribution in [0.4, 0.5) is 57.9 Å². The number of aromatic hydroxyl groups is 2. The highest BCUT2D eigenvalue weighted by Gasteiger charge is 2.30. The summed E-state index contributed by atoms with van der Waals surface area (Å²) in [7, 11) is -31.0. The molecule has 0 unspecified atom stereocenters. The molecule has 9 aromatic rings. The van der Waals surface area contributed by atoms with E-state index in [4.69, 9.17) is 11.5 Å². The van der Waals surface area contributed by atoms with Gasteiger partial charge in [0.05, 0.1) is 9.79 Å². The predicted octanol–water partition coefficient (Wildman–Crippen LogP) is 6.07. The molecular formula is C44H32N14O20S6. The van der Waals surface area contributed by atoms with E-state index < -0.39 is 181 Å². The van der Waals surface area contributed by atoms with E-state index in [2.05, 4.69) is 61.0 Å². The molecule has 40 heteroatoms. The number of nitrogens with two attached hydrogens (primary N) is 2. The van der Waals surface area contributed by atoms with Crippen LogP contribution >= 0.6 is 0 Å². The molecule has 434 valence electrons. The van der Waals surface area contributed by atoms with E-state index in [1.54, 1.807) is 0 Å². The minimum Gasteiger partial charge on any atom is -0.505 e. The lowest BCUT2D eigenvalue weighted by atomic mass is 10.0. The Balaban J connectivity index is 1.08. The van der Waals surface area contributed by atoms with Crippen LogP contribution in [0, 0.1) is 0 Å². The Hall–Kier alpha value is -9.46. The zero-order chi connectivity index (χ0) is 61.2. The van der Waals surface area contributed by atoms with Crippen LogP contribution in [0.5, 0.6) is 11.5 Å². The maximum Gasteiger partial charge on any atom is 0.296 e. The highest BCUT2D eigenvalue weighted by Crippen LogP contribution is 2.48. The number of nitrogens with zero attached hydrogens (tertiary/aromatic N) is 10. The Labute approximate surface area is 470 Å². The van der Waals surface area contributed by atoms with E-state index in [0.29, 0.717) is 24.3 Å². The monoisotopic (exact) mass is 1270 g/mol. The second-order valence-corrected chi connectivity index (χ2v) is 25.4. The van der Waals surface area contributed by atoms with Crippen molar-refractivity contribution < 1.29 is 88.0 Å². The van der Waals surface area contributed by atoms with Crippen LogP contribution in [0.3, 0.4) is 0 Å². The van der Waals surface area contributed by atoms with Crippen LogP contribution < -0.4 is 22.1 Å². The Morgan fingerprint density at radius 3 is 1.04 bits per heavy atom. The molecule has 9 rings (SSSR count). The number of azo groups is 2. The molecule has 2 aromatic heterocycles. The molecule has 0 saturated heterocycles. The molecule has 0 atom stereocenters. The van der Waals surface area contributed by atoms with Crippen molar-refractivity contribution >= 4 is 140 Å². The van der Waals surface area contributed by atoms with Crippen LogP contribution in [-0.2, 0) is 60.7 Å². The molecule has 0 radical (unpaired) electrons. The molecule has 84 heavy (non-hydrogen) atoms. The number of nitrogens with one attached hydrogen (secondary N) is 2. The summed E-state index contributed by atoms with van der Waals surface area (Å²) in [6.07, 6.45) is 0. The zero-order valence-electron chi connectivity index (χ0n) is 40.9. The van der Waals surface area contributed by atoms with Gasteiger partial charge in [-0.15, -0.1) is 20.5 Å². The van der Waals surface area contributed by atoms with Crippen molar-refractivity contribution in [1.82, 2.24) is 29.9 Å². The third kappa shape index (κ3) is 12.5.